The molecule has 18 heavy (non-hydrogen) atoms. The third-order valence-electron chi connectivity index (χ3n) is 3.75. The molecule has 0 radical (unpaired) electrons. The third kappa shape index (κ3) is 2.32. The summed E-state index contributed by atoms with van der Waals surface area (Å²) in [6.45, 7) is 2.39. The smallest absolute Gasteiger partial charge is 0.172 e. The van der Waals surface area contributed by atoms with E-state index in [4.69, 9.17) is 0 Å². The molecule has 0 saturated heterocycles. The summed E-state index contributed by atoms with van der Waals surface area (Å²) in [4.78, 5) is 4.48. The number of thioether (sulfide) groups is 1. The summed E-state index contributed by atoms with van der Waals surface area (Å²) in [6.07, 6.45) is 8.06. The highest BCUT2D eigenvalue weighted by Gasteiger charge is 2.32. The van der Waals surface area contributed by atoms with Gasteiger partial charge in [0, 0.05) is 23.8 Å². The van der Waals surface area contributed by atoms with E-state index in [0.717, 1.165) is 5.16 Å². The van der Waals surface area contributed by atoms with Crippen molar-refractivity contribution in [3.05, 3.63) is 42.7 Å². The van der Waals surface area contributed by atoms with E-state index in [1.807, 2.05) is 30.2 Å². The van der Waals surface area contributed by atoms with Gasteiger partial charge < -0.3 is 0 Å². The minimum absolute atomic E-state index is 0.540. The topological polar surface area (TPSA) is 17.8 Å². The van der Waals surface area contributed by atoms with Gasteiger partial charge in [0.15, 0.2) is 5.16 Å². The number of hydrogen-bond acceptors (Lipinski definition) is 2. The van der Waals surface area contributed by atoms with Crippen LogP contribution in [-0.4, -0.2) is 15.3 Å². The summed E-state index contributed by atoms with van der Waals surface area (Å²) < 4.78 is 2.17. The fraction of sp³-hybridized carbons (Fsp3) is 0.400. The first-order valence-corrected chi connectivity index (χ1v) is 7.47. The van der Waals surface area contributed by atoms with Crippen LogP contribution in [0.15, 0.2) is 47.9 Å². The van der Waals surface area contributed by atoms with Crippen LogP contribution in [0.4, 0.5) is 0 Å². The summed E-state index contributed by atoms with van der Waals surface area (Å²) in [5, 5.41) is 1.11. The van der Waals surface area contributed by atoms with Crippen molar-refractivity contribution in [1.29, 1.82) is 0 Å². The number of benzene rings is 1. The average Bonchev–Trinajstić information content (AvgIpc) is 2.83. The summed E-state index contributed by atoms with van der Waals surface area (Å²) in [7, 11) is 0. The van der Waals surface area contributed by atoms with Crippen LogP contribution in [0.1, 0.15) is 26.2 Å². The lowest BCUT2D eigenvalue weighted by Gasteiger charge is -2.37. The van der Waals surface area contributed by atoms with E-state index in [2.05, 4.69) is 40.7 Å². The van der Waals surface area contributed by atoms with Crippen molar-refractivity contribution in [2.24, 2.45) is 5.41 Å². The minimum atomic E-state index is 0.540. The highest BCUT2D eigenvalue weighted by Crippen LogP contribution is 2.44. The van der Waals surface area contributed by atoms with Gasteiger partial charge in [-0.1, -0.05) is 43.3 Å². The summed E-state index contributed by atoms with van der Waals surface area (Å²) in [6, 6.07) is 10.4. The maximum atomic E-state index is 4.48. The maximum absolute atomic E-state index is 4.48. The van der Waals surface area contributed by atoms with Crippen molar-refractivity contribution < 1.29 is 0 Å². The lowest BCUT2D eigenvalue weighted by molar-refractivity contribution is 0.197. The molecule has 0 aliphatic heterocycles. The fourth-order valence-electron chi connectivity index (χ4n) is 2.35. The first-order chi connectivity index (χ1) is 8.77. The molecule has 0 bridgehead atoms. The Morgan fingerprint density at radius 3 is 2.72 bits per heavy atom. The summed E-state index contributed by atoms with van der Waals surface area (Å²) in [5.74, 6) is 1.18. The number of nitrogens with zero attached hydrogens (tertiary/aromatic N) is 2. The van der Waals surface area contributed by atoms with E-state index >= 15 is 0 Å². The number of aromatic nitrogens is 2. The highest BCUT2D eigenvalue weighted by atomic mass is 32.2. The van der Waals surface area contributed by atoms with Gasteiger partial charge in [-0.25, -0.2) is 4.98 Å². The summed E-state index contributed by atoms with van der Waals surface area (Å²) >= 11 is 1.88. The second-order valence-corrected chi connectivity index (χ2v) is 6.31. The van der Waals surface area contributed by atoms with Gasteiger partial charge in [-0.2, -0.15) is 0 Å². The number of para-hydroxylation sites is 1. The van der Waals surface area contributed by atoms with Crippen LogP contribution in [0.5, 0.6) is 0 Å². The lowest BCUT2D eigenvalue weighted by atomic mass is 9.72. The van der Waals surface area contributed by atoms with Crippen molar-refractivity contribution in [3.8, 4) is 5.69 Å². The van der Waals surface area contributed by atoms with Crippen LogP contribution < -0.4 is 0 Å². The molecule has 0 amide bonds. The Labute approximate surface area is 112 Å². The first-order valence-electron chi connectivity index (χ1n) is 6.48. The Morgan fingerprint density at radius 1 is 1.28 bits per heavy atom. The Bertz CT molecular complexity index is 514. The molecular weight excluding hydrogens is 240 g/mol. The summed E-state index contributed by atoms with van der Waals surface area (Å²) in [5.41, 5.74) is 1.73. The van der Waals surface area contributed by atoms with E-state index in [1.54, 1.807) is 0 Å². The number of rotatable bonds is 4. The van der Waals surface area contributed by atoms with Crippen LogP contribution >= 0.6 is 11.8 Å². The Hall–Kier alpha value is -1.22. The molecule has 3 rings (SSSR count). The monoisotopic (exact) mass is 258 g/mol. The molecule has 1 aliphatic carbocycles. The number of hydrogen-bond donors (Lipinski definition) is 0. The van der Waals surface area contributed by atoms with Crippen molar-refractivity contribution in [2.45, 2.75) is 31.3 Å². The first kappa shape index (κ1) is 11.8. The van der Waals surface area contributed by atoms with Crippen molar-refractivity contribution in [3.63, 3.8) is 0 Å². The third-order valence-corrected chi connectivity index (χ3v) is 5.15. The SMILES string of the molecule is CC1(CSc2nccn2-c2ccccc2)CCC1. The van der Waals surface area contributed by atoms with Crippen LogP contribution in [0.2, 0.25) is 0 Å². The van der Waals surface area contributed by atoms with Gasteiger partial charge >= 0.3 is 0 Å². The Kier molecular flexibility index (Phi) is 3.16. The zero-order valence-corrected chi connectivity index (χ0v) is 11.5. The van der Waals surface area contributed by atoms with Crippen molar-refractivity contribution >= 4 is 11.8 Å². The van der Waals surface area contributed by atoms with Gasteiger partial charge in [0.1, 0.15) is 0 Å². The molecule has 1 saturated carbocycles. The van der Waals surface area contributed by atoms with Gasteiger partial charge in [0.25, 0.3) is 0 Å². The average molecular weight is 258 g/mol. The maximum Gasteiger partial charge on any atom is 0.172 e. The van der Waals surface area contributed by atoms with Crippen LogP contribution in [0.25, 0.3) is 5.69 Å². The van der Waals surface area contributed by atoms with Gasteiger partial charge in [-0.3, -0.25) is 4.57 Å². The zero-order chi connectivity index (χ0) is 12.4. The fourth-order valence-corrected chi connectivity index (χ4v) is 3.55. The van der Waals surface area contributed by atoms with Gasteiger partial charge in [-0.05, 0) is 30.4 Å². The lowest BCUT2D eigenvalue weighted by Crippen LogP contribution is -2.28. The molecule has 1 fully saturated rings. The molecule has 1 heterocycles. The molecule has 0 unspecified atom stereocenters. The Morgan fingerprint density at radius 2 is 2.06 bits per heavy atom. The van der Waals surface area contributed by atoms with E-state index in [-0.39, 0.29) is 0 Å². The van der Waals surface area contributed by atoms with Crippen LogP contribution in [0.3, 0.4) is 0 Å². The van der Waals surface area contributed by atoms with Crippen molar-refractivity contribution in [1.82, 2.24) is 9.55 Å². The van der Waals surface area contributed by atoms with E-state index in [9.17, 15) is 0 Å². The predicted molar refractivity (Wildman–Crippen MR) is 76.2 cm³/mol. The van der Waals surface area contributed by atoms with E-state index < -0.39 is 0 Å². The second-order valence-electron chi connectivity index (χ2n) is 5.37. The van der Waals surface area contributed by atoms with Crippen LogP contribution in [-0.2, 0) is 0 Å². The van der Waals surface area contributed by atoms with Crippen molar-refractivity contribution in [2.75, 3.05) is 5.75 Å². The Balaban J connectivity index is 1.75. The molecule has 1 aliphatic rings. The normalized spacial score (nSPS) is 17.4. The molecule has 3 heteroatoms. The second kappa shape index (κ2) is 4.81. The zero-order valence-electron chi connectivity index (χ0n) is 10.7. The minimum Gasteiger partial charge on any atom is -0.295 e. The van der Waals surface area contributed by atoms with E-state index in [0.29, 0.717) is 5.41 Å². The highest BCUT2D eigenvalue weighted by molar-refractivity contribution is 7.99. The standard InChI is InChI=1S/C15H18N2S/c1-15(8-5-9-15)12-18-14-16-10-11-17(14)13-6-3-2-4-7-13/h2-4,6-7,10-11H,5,8-9,12H2,1H3. The molecule has 0 spiro atoms. The number of imidazole rings is 1. The molecule has 1 aromatic heterocycles. The molecule has 0 N–H and O–H groups in total. The predicted octanol–water partition coefficient (Wildman–Crippen LogP) is 4.15. The molecular formula is C15H18N2S. The van der Waals surface area contributed by atoms with Crippen LogP contribution in [0, 0.1) is 5.41 Å². The van der Waals surface area contributed by atoms with Gasteiger partial charge in [-0.15, -0.1) is 0 Å². The molecule has 2 aromatic rings. The molecule has 2 nitrogen and oxygen atoms in total. The molecule has 0 atom stereocenters. The quantitative estimate of drug-likeness (QED) is 0.767. The molecule has 1 aromatic carbocycles. The van der Waals surface area contributed by atoms with Gasteiger partial charge in [0.05, 0.1) is 0 Å². The molecule has 94 valence electrons. The van der Waals surface area contributed by atoms with Gasteiger partial charge in [0.2, 0.25) is 0 Å². The van der Waals surface area contributed by atoms with E-state index in [1.165, 1.54) is 30.7 Å². The largest absolute Gasteiger partial charge is 0.295 e.